The molecule has 1 atom stereocenters. The number of hydrogen-bond acceptors (Lipinski definition) is 2. The van der Waals surface area contributed by atoms with E-state index in [4.69, 9.17) is 0 Å². The second kappa shape index (κ2) is 10.1. The Bertz CT molecular complexity index is 1080. The summed E-state index contributed by atoms with van der Waals surface area (Å²) in [5.41, 5.74) is 0.535. The SMILES string of the molecule is Cc1c(NC(=O)C(CCc2ccccc2)NC(=O)c2ccccc2)cccc1C(F)(F)F.[HH].[HH]. The molecule has 2 amide bonds. The zero-order valence-corrected chi connectivity index (χ0v) is 17.4. The molecule has 3 aromatic rings. The number of halogens is 3. The van der Waals surface area contributed by atoms with Crippen LogP contribution >= 0.6 is 0 Å². The minimum absolute atomic E-state index is 0. The number of carbonyl (C=O) groups is 2. The van der Waals surface area contributed by atoms with Gasteiger partial charge in [-0.1, -0.05) is 54.6 Å². The third kappa shape index (κ3) is 5.97. The van der Waals surface area contributed by atoms with E-state index in [9.17, 15) is 22.8 Å². The summed E-state index contributed by atoms with van der Waals surface area (Å²) in [6, 6.07) is 20.6. The van der Waals surface area contributed by atoms with E-state index >= 15 is 0 Å². The first kappa shape index (κ1) is 23.1. The van der Waals surface area contributed by atoms with Gasteiger partial charge in [0.1, 0.15) is 6.04 Å². The van der Waals surface area contributed by atoms with Gasteiger partial charge in [0.05, 0.1) is 5.56 Å². The van der Waals surface area contributed by atoms with Crippen molar-refractivity contribution in [3.8, 4) is 0 Å². The van der Waals surface area contributed by atoms with Crippen molar-refractivity contribution in [3.63, 3.8) is 0 Å². The van der Waals surface area contributed by atoms with Crippen LogP contribution in [0.25, 0.3) is 0 Å². The highest BCUT2D eigenvalue weighted by molar-refractivity contribution is 6.01. The largest absolute Gasteiger partial charge is 0.416 e. The Hall–Kier alpha value is -3.61. The molecule has 0 bridgehead atoms. The first-order valence-electron chi connectivity index (χ1n) is 10.1. The van der Waals surface area contributed by atoms with Gasteiger partial charge in [0.2, 0.25) is 5.91 Å². The van der Waals surface area contributed by atoms with E-state index in [1.54, 1.807) is 30.3 Å². The fraction of sp³-hybridized carbons (Fsp3) is 0.200. The van der Waals surface area contributed by atoms with Crippen LogP contribution in [0.1, 0.15) is 36.3 Å². The second-order valence-electron chi connectivity index (χ2n) is 7.38. The summed E-state index contributed by atoms with van der Waals surface area (Å²) < 4.78 is 39.7. The lowest BCUT2D eigenvalue weighted by Crippen LogP contribution is -2.44. The average molecular weight is 444 g/mol. The van der Waals surface area contributed by atoms with Crippen molar-refractivity contribution in [3.05, 3.63) is 101 Å². The first-order valence-corrected chi connectivity index (χ1v) is 10.1. The molecular formula is C25H27F3N2O2. The highest BCUT2D eigenvalue weighted by Gasteiger charge is 2.33. The Labute approximate surface area is 187 Å². The molecule has 4 nitrogen and oxygen atoms in total. The molecule has 0 aliphatic rings. The van der Waals surface area contributed by atoms with Gasteiger partial charge in [-0.05, 0) is 55.2 Å². The van der Waals surface area contributed by atoms with E-state index in [0.717, 1.165) is 11.6 Å². The molecule has 0 saturated carbocycles. The maximum absolute atomic E-state index is 13.2. The van der Waals surface area contributed by atoms with Gasteiger partial charge in [0.25, 0.3) is 5.91 Å². The minimum atomic E-state index is -4.53. The Morgan fingerprint density at radius 3 is 2.16 bits per heavy atom. The fourth-order valence-electron chi connectivity index (χ4n) is 3.35. The van der Waals surface area contributed by atoms with Crippen LogP contribution < -0.4 is 10.6 Å². The molecule has 1 unspecified atom stereocenters. The van der Waals surface area contributed by atoms with Gasteiger partial charge in [-0.2, -0.15) is 13.2 Å². The summed E-state index contributed by atoms with van der Waals surface area (Å²) in [5.74, 6) is -1.01. The Morgan fingerprint density at radius 2 is 1.53 bits per heavy atom. The van der Waals surface area contributed by atoms with Crippen LogP contribution in [0.5, 0.6) is 0 Å². The van der Waals surface area contributed by atoms with Crippen molar-refractivity contribution < 1.29 is 25.6 Å². The number of aryl methyl sites for hydroxylation is 1. The van der Waals surface area contributed by atoms with Crippen LogP contribution in [-0.4, -0.2) is 17.9 Å². The van der Waals surface area contributed by atoms with Gasteiger partial charge in [0.15, 0.2) is 0 Å². The van der Waals surface area contributed by atoms with Crippen LogP contribution in [0, 0.1) is 6.92 Å². The van der Waals surface area contributed by atoms with Crippen molar-refractivity contribution >= 4 is 17.5 Å². The molecule has 0 heterocycles. The average Bonchev–Trinajstić information content (AvgIpc) is 2.78. The topological polar surface area (TPSA) is 58.2 Å². The molecule has 0 fully saturated rings. The number of alkyl halides is 3. The molecule has 7 heteroatoms. The molecule has 0 radical (unpaired) electrons. The Morgan fingerprint density at radius 1 is 0.906 bits per heavy atom. The van der Waals surface area contributed by atoms with Crippen molar-refractivity contribution in [1.29, 1.82) is 0 Å². The lowest BCUT2D eigenvalue weighted by molar-refractivity contribution is -0.138. The molecule has 3 rings (SSSR count). The van der Waals surface area contributed by atoms with E-state index < -0.39 is 29.6 Å². The molecule has 0 aliphatic heterocycles. The number of amides is 2. The van der Waals surface area contributed by atoms with Gasteiger partial charge in [-0.25, -0.2) is 0 Å². The second-order valence-corrected chi connectivity index (χ2v) is 7.38. The maximum atomic E-state index is 13.2. The van der Waals surface area contributed by atoms with E-state index in [1.807, 2.05) is 30.3 Å². The van der Waals surface area contributed by atoms with E-state index in [2.05, 4.69) is 10.6 Å². The fourth-order valence-corrected chi connectivity index (χ4v) is 3.35. The summed E-state index contributed by atoms with van der Waals surface area (Å²) in [4.78, 5) is 25.6. The lowest BCUT2D eigenvalue weighted by Gasteiger charge is -2.20. The molecular weight excluding hydrogens is 417 g/mol. The van der Waals surface area contributed by atoms with Gasteiger partial charge in [-0.3, -0.25) is 9.59 Å². The normalized spacial score (nSPS) is 12.1. The van der Waals surface area contributed by atoms with Gasteiger partial charge in [-0.15, -0.1) is 0 Å². The zero-order chi connectivity index (χ0) is 23.1. The predicted molar refractivity (Wildman–Crippen MR) is 121 cm³/mol. The highest BCUT2D eigenvalue weighted by Crippen LogP contribution is 2.34. The van der Waals surface area contributed by atoms with E-state index in [1.165, 1.54) is 19.1 Å². The summed E-state index contributed by atoms with van der Waals surface area (Å²) in [7, 11) is 0. The molecule has 2 N–H and O–H groups in total. The number of benzene rings is 3. The molecule has 0 aliphatic carbocycles. The van der Waals surface area contributed by atoms with E-state index in [-0.39, 0.29) is 20.5 Å². The van der Waals surface area contributed by atoms with Gasteiger partial charge >= 0.3 is 6.18 Å². The summed E-state index contributed by atoms with van der Waals surface area (Å²) in [6.45, 7) is 1.31. The lowest BCUT2D eigenvalue weighted by atomic mass is 10.0. The maximum Gasteiger partial charge on any atom is 0.416 e. The van der Waals surface area contributed by atoms with Gasteiger partial charge in [0, 0.05) is 14.1 Å². The third-order valence-electron chi connectivity index (χ3n) is 5.12. The molecule has 0 saturated heterocycles. The van der Waals surface area contributed by atoms with Crippen molar-refractivity contribution in [2.24, 2.45) is 0 Å². The molecule has 32 heavy (non-hydrogen) atoms. The number of nitrogens with one attached hydrogen (secondary N) is 2. The molecule has 170 valence electrons. The molecule has 0 spiro atoms. The summed E-state index contributed by atoms with van der Waals surface area (Å²) in [5, 5.41) is 5.28. The van der Waals surface area contributed by atoms with Crippen LogP contribution in [-0.2, 0) is 17.4 Å². The summed E-state index contributed by atoms with van der Waals surface area (Å²) in [6.07, 6.45) is -3.74. The monoisotopic (exact) mass is 444 g/mol. The Kier molecular flexibility index (Phi) is 7.30. The quantitative estimate of drug-likeness (QED) is 0.478. The summed E-state index contributed by atoms with van der Waals surface area (Å²) >= 11 is 0. The highest BCUT2D eigenvalue weighted by atomic mass is 19.4. The van der Waals surface area contributed by atoms with Gasteiger partial charge < -0.3 is 10.6 Å². The van der Waals surface area contributed by atoms with Crippen LogP contribution in [0.3, 0.4) is 0 Å². The first-order chi connectivity index (χ1) is 15.3. The Balaban J connectivity index is 0.00000289. The predicted octanol–water partition coefficient (Wildman–Crippen LogP) is 5.88. The number of rotatable bonds is 7. The van der Waals surface area contributed by atoms with Crippen molar-refractivity contribution in [2.75, 3.05) is 5.32 Å². The van der Waals surface area contributed by atoms with Crippen LogP contribution in [0.2, 0.25) is 0 Å². The number of anilines is 1. The zero-order valence-electron chi connectivity index (χ0n) is 17.4. The minimum Gasteiger partial charge on any atom is -0.340 e. The van der Waals surface area contributed by atoms with Crippen molar-refractivity contribution in [1.82, 2.24) is 5.32 Å². The number of carbonyl (C=O) groups excluding carboxylic acids is 2. The van der Waals surface area contributed by atoms with Crippen LogP contribution in [0.15, 0.2) is 78.9 Å². The van der Waals surface area contributed by atoms with Crippen LogP contribution in [0.4, 0.5) is 18.9 Å². The van der Waals surface area contributed by atoms with Crippen molar-refractivity contribution in [2.45, 2.75) is 32.0 Å². The smallest absolute Gasteiger partial charge is 0.340 e. The third-order valence-corrected chi connectivity index (χ3v) is 5.12. The van der Waals surface area contributed by atoms with E-state index in [0.29, 0.717) is 12.0 Å². The molecule has 3 aromatic carbocycles. The standard InChI is InChI=1S/C25H23F3N2O2.2H2/c1-17-20(25(26,27)28)13-8-14-21(17)29-24(32)22(16-15-18-9-4-2-5-10-18)30-23(31)19-11-6-3-7-12-19;;/h2-14,22H,15-16H2,1H3,(H,29,32)(H,30,31);2*1H. The number of hydrogen-bond donors (Lipinski definition) is 2. The molecule has 0 aromatic heterocycles.